The minimum atomic E-state index is -0.709. The number of hydrogen-bond donors (Lipinski definition) is 2. The van der Waals surface area contributed by atoms with Crippen LogP contribution in [0.2, 0.25) is 0 Å². The summed E-state index contributed by atoms with van der Waals surface area (Å²) in [6.07, 6.45) is 4.52. The molecule has 1 aromatic carbocycles. The summed E-state index contributed by atoms with van der Waals surface area (Å²) in [6.45, 7) is 5.31. The Bertz CT molecular complexity index is 863. The van der Waals surface area contributed by atoms with Gasteiger partial charge in [-0.15, -0.1) is 0 Å². The smallest absolute Gasteiger partial charge is 0.325 e. The fourth-order valence-electron chi connectivity index (χ4n) is 4.98. The zero-order valence-corrected chi connectivity index (χ0v) is 18.6. The van der Waals surface area contributed by atoms with E-state index in [0.717, 1.165) is 32.1 Å². The summed E-state index contributed by atoms with van der Waals surface area (Å²) in [4.78, 5) is 43.4. The minimum absolute atomic E-state index is 0.0889. The number of piperazine rings is 1. The zero-order valence-electron chi connectivity index (χ0n) is 18.6. The number of halogens is 1. The highest BCUT2D eigenvalue weighted by atomic mass is 19.1. The molecule has 0 unspecified atom stereocenters. The Labute approximate surface area is 188 Å². The molecule has 2 aliphatic heterocycles. The number of carbonyl (C=O) groups is 3. The summed E-state index contributed by atoms with van der Waals surface area (Å²) >= 11 is 0. The Hall–Kier alpha value is -2.52. The Morgan fingerprint density at radius 3 is 2.50 bits per heavy atom. The maximum Gasteiger partial charge on any atom is 0.326 e. The summed E-state index contributed by atoms with van der Waals surface area (Å²) < 4.78 is 13.3. The van der Waals surface area contributed by atoms with Gasteiger partial charge in [0.15, 0.2) is 0 Å². The van der Waals surface area contributed by atoms with Gasteiger partial charge in [0.25, 0.3) is 5.91 Å². The second-order valence-electron chi connectivity index (χ2n) is 9.19. The molecule has 2 heterocycles. The van der Waals surface area contributed by atoms with Crippen molar-refractivity contribution in [2.75, 3.05) is 44.7 Å². The summed E-state index contributed by atoms with van der Waals surface area (Å²) in [6, 6.07) is 5.53. The molecule has 4 amide bonds. The van der Waals surface area contributed by atoms with Gasteiger partial charge in [-0.1, -0.05) is 19.4 Å². The number of anilines is 1. The van der Waals surface area contributed by atoms with Crippen molar-refractivity contribution in [2.24, 2.45) is 5.92 Å². The van der Waals surface area contributed by atoms with Gasteiger partial charge in [0.2, 0.25) is 5.91 Å². The number of carbonyl (C=O) groups excluding carboxylic acids is 3. The van der Waals surface area contributed by atoms with E-state index in [1.54, 1.807) is 12.1 Å². The Morgan fingerprint density at radius 1 is 1.16 bits per heavy atom. The molecule has 0 bridgehead atoms. The van der Waals surface area contributed by atoms with Crippen LogP contribution >= 0.6 is 0 Å². The van der Waals surface area contributed by atoms with E-state index in [-0.39, 0.29) is 31.1 Å². The van der Waals surface area contributed by atoms with Crippen LogP contribution in [0.5, 0.6) is 0 Å². The molecule has 1 spiro atoms. The van der Waals surface area contributed by atoms with Gasteiger partial charge in [-0.25, -0.2) is 14.1 Å². The average Bonchev–Trinajstić information content (AvgIpc) is 2.99. The highest BCUT2D eigenvalue weighted by molar-refractivity contribution is 6.07. The van der Waals surface area contributed by atoms with Crippen LogP contribution in [0.4, 0.5) is 14.9 Å². The molecule has 0 atom stereocenters. The molecule has 4 rings (SSSR count). The molecule has 0 aromatic heterocycles. The van der Waals surface area contributed by atoms with Crippen LogP contribution in [0, 0.1) is 11.7 Å². The van der Waals surface area contributed by atoms with Crippen LogP contribution in [-0.2, 0) is 9.59 Å². The van der Waals surface area contributed by atoms with Crippen molar-refractivity contribution in [2.45, 2.75) is 44.6 Å². The number of amides is 4. The van der Waals surface area contributed by atoms with E-state index >= 15 is 0 Å². The Kier molecular flexibility index (Phi) is 6.76. The number of imide groups is 1. The van der Waals surface area contributed by atoms with E-state index in [4.69, 9.17) is 0 Å². The molecule has 9 heteroatoms. The first-order valence-corrected chi connectivity index (χ1v) is 11.5. The normalized spacial score (nSPS) is 27.1. The van der Waals surface area contributed by atoms with Crippen LogP contribution in [0.25, 0.3) is 0 Å². The lowest BCUT2D eigenvalue weighted by atomic mass is 9.75. The predicted molar refractivity (Wildman–Crippen MR) is 118 cm³/mol. The number of rotatable bonds is 6. The molecule has 1 aromatic rings. The van der Waals surface area contributed by atoms with E-state index in [1.165, 1.54) is 17.0 Å². The molecule has 32 heavy (non-hydrogen) atoms. The maximum absolute atomic E-state index is 13.3. The summed E-state index contributed by atoms with van der Waals surface area (Å²) in [5, 5.41) is 5.70. The van der Waals surface area contributed by atoms with Crippen LogP contribution in [0.3, 0.4) is 0 Å². The first-order valence-electron chi connectivity index (χ1n) is 11.5. The minimum Gasteiger partial charge on any atom is -0.325 e. The lowest BCUT2D eigenvalue weighted by Crippen LogP contribution is -2.53. The van der Waals surface area contributed by atoms with E-state index in [1.807, 2.05) is 4.90 Å². The molecular formula is C23H32FN5O3. The second-order valence-corrected chi connectivity index (χ2v) is 9.19. The Balaban J connectivity index is 1.24. The quantitative estimate of drug-likeness (QED) is 0.656. The number of urea groups is 1. The van der Waals surface area contributed by atoms with Crippen LogP contribution in [-0.4, -0.2) is 77.5 Å². The van der Waals surface area contributed by atoms with Gasteiger partial charge >= 0.3 is 6.03 Å². The molecule has 3 fully saturated rings. The molecular weight excluding hydrogens is 413 g/mol. The van der Waals surface area contributed by atoms with E-state index < -0.39 is 11.4 Å². The number of nitrogens with zero attached hydrogens (tertiary/aromatic N) is 3. The van der Waals surface area contributed by atoms with Crippen molar-refractivity contribution in [1.29, 1.82) is 0 Å². The van der Waals surface area contributed by atoms with Gasteiger partial charge in [0, 0.05) is 31.9 Å². The third-order valence-corrected chi connectivity index (χ3v) is 7.06. The van der Waals surface area contributed by atoms with Gasteiger partial charge < -0.3 is 10.6 Å². The zero-order chi connectivity index (χ0) is 22.7. The lowest BCUT2D eigenvalue weighted by Gasteiger charge is -2.36. The summed E-state index contributed by atoms with van der Waals surface area (Å²) in [5.74, 6) is -0.0283. The van der Waals surface area contributed by atoms with E-state index in [9.17, 15) is 18.8 Å². The highest BCUT2D eigenvalue weighted by Gasteiger charge is 2.52. The topological polar surface area (TPSA) is 85.0 Å². The largest absolute Gasteiger partial charge is 0.326 e. The molecule has 2 N–H and O–H groups in total. The molecule has 0 radical (unpaired) electrons. The average molecular weight is 446 g/mol. The Morgan fingerprint density at radius 2 is 1.84 bits per heavy atom. The van der Waals surface area contributed by atoms with Gasteiger partial charge in [-0.05, 0) is 49.8 Å². The second kappa shape index (κ2) is 9.54. The fourth-order valence-corrected chi connectivity index (χ4v) is 4.98. The van der Waals surface area contributed by atoms with Crippen molar-refractivity contribution in [3.8, 4) is 0 Å². The number of benzene rings is 1. The third-order valence-electron chi connectivity index (χ3n) is 7.06. The SMILES string of the molecule is CCC1CCC2(CC1)NC(=O)N(CN1CCN(CC(=O)Nc3cccc(F)c3)CC1)C2=O. The maximum atomic E-state index is 13.3. The lowest BCUT2D eigenvalue weighted by molar-refractivity contribution is -0.134. The van der Waals surface area contributed by atoms with Crippen molar-refractivity contribution < 1.29 is 18.8 Å². The summed E-state index contributed by atoms with van der Waals surface area (Å²) in [5.41, 5.74) is -0.270. The molecule has 1 aliphatic carbocycles. The number of hydrogen-bond acceptors (Lipinski definition) is 5. The predicted octanol–water partition coefficient (Wildman–Crippen LogP) is 2.23. The van der Waals surface area contributed by atoms with Crippen molar-refractivity contribution in [1.82, 2.24) is 20.0 Å². The van der Waals surface area contributed by atoms with Gasteiger partial charge in [-0.3, -0.25) is 19.4 Å². The molecule has 8 nitrogen and oxygen atoms in total. The van der Waals surface area contributed by atoms with E-state index in [2.05, 4.69) is 22.5 Å². The van der Waals surface area contributed by atoms with Gasteiger partial charge in [0.1, 0.15) is 11.4 Å². The van der Waals surface area contributed by atoms with Crippen LogP contribution in [0.15, 0.2) is 24.3 Å². The summed E-state index contributed by atoms with van der Waals surface area (Å²) in [7, 11) is 0. The monoisotopic (exact) mass is 445 g/mol. The van der Waals surface area contributed by atoms with Crippen molar-refractivity contribution in [3.63, 3.8) is 0 Å². The molecule has 3 aliphatic rings. The van der Waals surface area contributed by atoms with Crippen LogP contribution in [0.1, 0.15) is 39.0 Å². The standard InChI is InChI=1S/C23H32FN5O3/c1-2-17-6-8-23(9-7-17)21(31)29(22(32)26-23)16-28-12-10-27(11-13-28)15-20(30)25-19-5-3-4-18(24)14-19/h3-5,14,17H,2,6-13,15-16H2,1H3,(H,25,30)(H,26,32). The molecule has 1 saturated carbocycles. The van der Waals surface area contributed by atoms with Gasteiger partial charge in [0.05, 0.1) is 13.2 Å². The van der Waals surface area contributed by atoms with Gasteiger partial charge in [-0.2, -0.15) is 0 Å². The molecule has 2 saturated heterocycles. The first kappa shape index (κ1) is 22.7. The highest BCUT2D eigenvalue weighted by Crippen LogP contribution is 2.37. The molecule has 174 valence electrons. The van der Waals surface area contributed by atoms with E-state index in [0.29, 0.717) is 37.8 Å². The number of nitrogens with one attached hydrogen (secondary N) is 2. The first-order chi connectivity index (χ1) is 15.4. The van der Waals surface area contributed by atoms with Crippen molar-refractivity contribution in [3.05, 3.63) is 30.1 Å². The fraction of sp³-hybridized carbons (Fsp3) is 0.609. The van der Waals surface area contributed by atoms with Crippen molar-refractivity contribution >= 4 is 23.5 Å². The third kappa shape index (κ3) is 4.94. The van der Waals surface area contributed by atoms with Crippen LogP contribution < -0.4 is 10.6 Å².